The second-order valence-electron chi connectivity index (χ2n) is 11.9. The fourth-order valence-corrected chi connectivity index (χ4v) is 9.55. The van der Waals surface area contributed by atoms with Gasteiger partial charge in [0.2, 0.25) is 0 Å². The third-order valence-electron chi connectivity index (χ3n) is 9.50. The summed E-state index contributed by atoms with van der Waals surface area (Å²) in [4.78, 5) is 4.92. The van der Waals surface area contributed by atoms with E-state index in [1.807, 2.05) is 36.4 Å². The quantitative estimate of drug-likeness (QED) is 0.255. The number of thiazole rings is 1. The number of para-hydroxylation sites is 1. The number of ether oxygens (including phenoxy) is 1. The van der Waals surface area contributed by atoms with Crippen molar-refractivity contribution in [1.82, 2.24) is 10.1 Å². The van der Waals surface area contributed by atoms with Gasteiger partial charge in [-0.15, -0.1) is 11.3 Å². The van der Waals surface area contributed by atoms with Gasteiger partial charge in [-0.2, -0.15) is 0 Å². The first-order chi connectivity index (χ1) is 18.4. The fourth-order valence-electron chi connectivity index (χ4n) is 7.76. The van der Waals surface area contributed by atoms with Gasteiger partial charge in [-0.05, 0) is 87.0 Å². The van der Waals surface area contributed by atoms with E-state index in [1.54, 1.807) is 11.3 Å². The Morgan fingerprint density at radius 3 is 2.45 bits per heavy atom. The summed E-state index contributed by atoms with van der Waals surface area (Å²) < 4.78 is 13.9. The number of nitrogens with zero attached hydrogens (tertiary/aromatic N) is 2. The van der Waals surface area contributed by atoms with Crippen molar-refractivity contribution in [2.24, 2.45) is 17.8 Å². The molecule has 5 aliphatic rings. The van der Waals surface area contributed by atoms with E-state index in [9.17, 15) is 5.11 Å². The maximum Gasteiger partial charge on any atom is 0.145 e. The smallest absolute Gasteiger partial charge is 0.145 e. The molecule has 5 fully saturated rings. The van der Waals surface area contributed by atoms with E-state index < -0.39 is 5.60 Å². The number of fused-ring (bicyclic) bond motifs is 1. The van der Waals surface area contributed by atoms with Gasteiger partial charge in [0.15, 0.2) is 0 Å². The number of hydrogen-bond donors (Lipinski definition) is 1. The summed E-state index contributed by atoms with van der Waals surface area (Å²) in [5, 5.41) is 18.7. The van der Waals surface area contributed by atoms with Crippen LogP contribution in [-0.4, -0.2) is 20.8 Å². The third-order valence-corrected chi connectivity index (χ3v) is 11.3. The van der Waals surface area contributed by atoms with Crippen LogP contribution in [0.25, 0.3) is 21.5 Å². The van der Waals surface area contributed by atoms with Crippen LogP contribution in [0, 0.1) is 17.8 Å². The second-order valence-corrected chi connectivity index (χ2v) is 13.7. The molecule has 2 aromatic carbocycles. The monoisotopic (exact) mass is 566 g/mol. The molecule has 5 nitrogen and oxygen atoms in total. The molecule has 9 rings (SSSR count). The fraction of sp³-hybridized carbons (Fsp3) is 0.467. The van der Waals surface area contributed by atoms with Gasteiger partial charge in [0.1, 0.15) is 22.1 Å². The van der Waals surface area contributed by atoms with Crippen molar-refractivity contribution in [2.75, 3.05) is 0 Å². The second kappa shape index (κ2) is 8.52. The van der Waals surface area contributed by atoms with Crippen molar-refractivity contribution in [3.8, 4) is 11.3 Å². The average Bonchev–Trinajstić information content (AvgIpc) is 3.50. The number of rotatable bonds is 6. The highest BCUT2D eigenvalue weighted by Crippen LogP contribution is 2.65. The van der Waals surface area contributed by atoms with Crippen LogP contribution >= 0.6 is 34.5 Å². The highest BCUT2D eigenvalue weighted by molar-refractivity contribution is 7.18. The summed E-state index contributed by atoms with van der Waals surface area (Å²) in [5.74, 6) is 2.17. The zero-order chi connectivity index (χ0) is 25.6. The minimum Gasteiger partial charge on any atom is -0.382 e. The zero-order valence-electron chi connectivity index (χ0n) is 20.8. The van der Waals surface area contributed by atoms with E-state index in [4.69, 9.17) is 37.4 Å². The third kappa shape index (κ3) is 3.57. The van der Waals surface area contributed by atoms with Crippen LogP contribution in [0.15, 0.2) is 47.0 Å². The van der Waals surface area contributed by atoms with Crippen LogP contribution in [0.1, 0.15) is 67.2 Å². The van der Waals surface area contributed by atoms with Gasteiger partial charge in [0, 0.05) is 17.0 Å². The first-order valence-electron chi connectivity index (χ1n) is 13.6. The summed E-state index contributed by atoms with van der Waals surface area (Å²) >= 11 is 14.8. The van der Waals surface area contributed by atoms with E-state index in [-0.39, 0.29) is 17.4 Å². The molecular weight excluding hydrogens is 539 g/mol. The molecule has 4 aromatic rings. The highest BCUT2D eigenvalue weighted by Gasteiger charge is 2.64. The topological polar surface area (TPSA) is 68.4 Å². The molecule has 0 radical (unpaired) electrons. The first-order valence-corrected chi connectivity index (χ1v) is 15.2. The summed E-state index contributed by atoms with van der Waals surface area (Å²) in [6.07, 6.45) is 7.01. The Morgan fingerprint density at radius 1 is 1.00 bits per heavy atom. The maximum atomic E-state index is 12.2. The van der Waals surface area contributed by atoms with Gasteiger partial charge in [-0.25, -0.2) is 4.98 Å². The van der Waals surface area contributed by atoms with Crippen LogP contribution in [0.5, 0.6) is 0 Å². The summed E-state index contributed by atoms with van der Waals surface area (Å²) in [6, 6.07) is 13.7. The lowest BCUT2D eigenvalue weighted by atomic mass is 9.48. The Bertz CT molecular complexity index is 1490. The Labute approximate surface area is 235 Å². The number of benzene rings is 2. The van der Waals surface area contributed by atoms with Gasteiger partial charge < -0.3 is 14.4 Å². The minimum absolute atomic E-state index is 0.150. The van der Waals surface area contributed by atoms with E-state index in [0.717, 1.165) is 71.5 Å². The Balaban J connectivity index is 1.11. The van der Waals surface area contributed by atoms with Crippen LogP contribution in [-0.2, 0) is 16.9 Å². The molecule has 2 heterocycles. The SMILES string of the molecule is O[C@@]1(c2nc3ccccc3s2)[C@@H]2CC3C[C@H]1C[C@](OCc1c(-c4c(Cl)cccc4Cl)noc1C1CC1)(C3)C2. The first kappa shape index (κ1) is 23.9. The number of hydrogen-bond acceptors (Lipinski definition) is 6. The zero-order valence-corrected chi connectivity index (χ0v) is 23.2. The Morgan fingerprint density at radius 2 is 1.74 bits per heavy atom. The number of aromatic nitrogens is 2. The predicted octanol–water partition coefficient (Wildman–Crippen LogP) is 8.12. The average molecular weight is 568 g/mol. The summed E-state index contributed by atoms with van der Waals surface area (Å²) in [7, 11) is 0. The molecule has 0 spiro atoms. The normalized spacial score (nSPS) is 31.9. The van der Waals surface area contributed by atoms with Crippen LogP contribution < -0.4 is 0 Å². The molecule has 1 N–H and O–H groups in total. The van der Waals surface area contributed by atoms with Gasteiger partial charge in [-0.1, -0.05) is 46.6 Å². The van der Waals surface area contributed by atoms with Gasteiger partial charge in [0.25, 0.3) is 0 Å². The van der Waals surface area contributed by atoms with Crippen LogP contribution in [0.2, 0.25) is 10.0 Å². The maximum absolute atomic E-state index is 12.2. The van der Waals surface area contributed by atoms with E-state index in [0.29, 0.717) is 39.7 Å². The van der Waals surface area contributed by atoms with Gasteiger partial charge in [0.05, 0.1) is 32.5 Å². The van der Waals surface area contributed by atoms with Crippen molar-refractivity contribution < 1.29 is 14.4 Å². The lowest BCUT2D eigenvalue weighted by Gasteiger charge is -2.62. The van der Waals surface area contributed by atoms with Crippen molar-refractivity contribution in [2.45, 2.75) is 68.7 Å². The van der Waals surface area contributed by atoms with Crippen molar-refractivity contribution in [3.05, 3.63) is 68.8 Å². The van der Waals surface area contributed by atoms with Crippen molar-refractivity contribution in [3.63, 3.8) is 0 Å². The van der Waals surface area contributed by atoms with E-state index in [1.165, 1.54) is 0 Å². The molecule has 0 amide bonds. The number of aliphatic hydroxyl groups is 1. The van der Waals surface area contributed by atoms with Gasteiger partial charge in [-0.3, -0.25) is 0 Å². The molecular formula is C30H28Cl2N2O3S. The highest BCUT2D eigenvalue weighted by atomic mass is 35.5. The van der Waals surface area contributed by atoms with Crippen LogP contribution in [0.4, 0.5) is 0 Å². The van der Waals surface area contributed by atoms with Crippen LogP contribution in [0.3, 0.4) is 0 Å². The molecule has 8 heteroatoms. The Hall–Kier alpha value is -1.96. The largest absolute Gasteiger partial charge is 0.382 e. The lowest BCUT2D eigenvalue weighted by molar-refractivity contribution is -0.250. The molecule has 2 aromatic heterocycles. The molecule has 5 atom stereocenters. The lowest BCUT2D eigenvalue weighted by Crippen LogP contribution is -2.62. The van der Waals surface area contributed by atoms with Gasteiger partial charge >= 0.3 is 0 Å². The molecule has 5 aliphatic carbocycles. The molecule has 38 heavy (non-hydrogen) atoms. The molecule has 5 saturated carbocycles. The molecule has 0 aliphatic heterocycles. The Kier molecular flexibility index (Phi) is 5.35. The minimum atomic E-state index is -0.875. The van der Waals surface area contributed by atoms with E-state index in [2.05, 4.69) is 11.2 Å². The summed E-state index contributed by atoms with van der Waals surface area (Å²) in [6.45, 7) is 0.415. The van der Waals surface area contributed by atoms with E-state index >= 15 is 0 Å². The summed E-state index contributed by atoms with van der Waals surface area (Å²) in [5.41, 5.74) is 2.23. The van der Waals surface area contributed by atoms with Crippen molar-refractivity contribution in [1.29, 1.82) is 0 Å². The number of halogens is 2. The predicted molar refractivity (Wildman–Crippen MR) is 149 cm³/mol. The molecule has 196 valence electrons. The standard InChI is InChI=1S/C30H28Cl2N2O3S/c31-21-4-3-5-22(32)25(21)26-20(27(37-34-26)17-8-9-17)15-36-29-12-16-10-18(13-29)30(35,19(11-16)14-29)28-33-23-6-1-2-7-24(23)38-28/h1-7,16-19,35H,8-15H2/t16?,18-,19+,29+,30+. The molecule has 0 saturated heterocycles. The molecule has 1 unspecified atom stereocenters. The van der Waals surface area contributed by atoms with Crippen molar-refractivity contribution >= 4 is 44.8 Å². The molecule has 4 bridgehead atoms.